The fraction of sp³-hybridized carbons (Fsp3) is 0.200. The molecule has 0 amide bonds. The molecule has 0 radical (unpaired) electrons. The van der Waals surface area contributed by atoms with E-state index in [9.17, 15) is 9.59 Å². The van der Waals surface area contributed by atoms with Crippen molar-refractivity contribution in [3.05, 3.63) is 36.4 Å². The van der Waals surface area contributed by atoms with Crippen LogP contribution in [0.5, 0.6) is 0 Å². The molecule has 0 bridgehead atoms. The zero-order valence-electron chi connectivity index (χ0n) is 8.07. The summed E-state index contributed by atoms with van der Waals surface area (Å²) in [7, 11) is 0. The first kappa shape index (κ1) is 13.4. The first-order valence-electron chi connectivity index (χ1n) is 4.04. The molecule has 0 N–H and O–H groups in total. The van der Waals surface area contributed by atoms with Gasteiger partial charge in [0.15, 0.2) is 0 Å². The van der Waals surface area contributed by atoms with Gasteiger partial charge in [-0.2, -0.15) is 0 Å². The van der Waals surface area contributed by atoms with Gasteiger partial charge in [0.2, 0.25) is 0 Å². The Labute approximate surface area is 92.8 Å². The van der Waals surface area contributed by atoms with Crippen molar-refractivity contribution in [1.82, 2.24) is 0 Å². The molecule has 0 fully saturated rings. The minimum absolute atomic E-state index is 0.0323. The van der Waals surface area contributed by atoms with Gasteiger partial charge in [-0.05, 0) is 0 Å². The minimum Gasteiger partial charge on any atom is -0.458 e. The number of esters is 2. The number of ether oxygens (including phenoxy) is 2. The van der Waals surface area contributed by atoms with Gasteiger partial charge in [0.05, 0.1) is 0 Å². The zero-order valence-corrected chi connectivity index (χ0v) is 8.83. The highest BCUT2D eigenvalue weighted by atomic mass is 35.5. The normalized spacial score (nSPS) is 10.3. The highest BCUT2D eigenvalue weighted by Crippen LogP contribution is 2.04. The molecule has 15 heavy (non-hydrogen) atoms. The van der Waals surface area contributed by atoms with Crippen LogP contribution in [0.25, 0.3) is 0 Å². The number of hydrogen-bond acceptors (Lipinski definition) is 4. The Bertz CT molecular complexity index is 294. The molecule has 0 atom stereocenters. The molecule has 0 saturated heterocycles. The molecule has 0 unspecified atom stereocenters. The molecule has 0 aliphatic rings. The van der Waals surface area contributed by atoms with E-state index in [4.69, 9.17) is 11.6 Å². The Balaban J connectivity index is 4.15. The van der Waals surface area contributed by atoms with Gasteiger partial charge in [-0.15, -0.1) is 0 Å². The summed E-state index contributed by atoms with van der Waals surface area (Å²) in [4.78, 5) is 21.9. The van der Waals surface area contributed by atoms with Crippen molar-refractivity contribution in [3.8, 4) is 0 Å². The van der Waals surface area contributed by atoms with Crippen molar-refractivity contribution in [2.45, 2.75) is 0 Å². The van der Waals surface area contributed by atoms with Crippen LogP contribution >= 0.6 is 11.6 Å². The second-order valence-electron chi connectivity index (χ2n) is 2.30. The second-order valence-corrected chi connectivity index (χ2v) is 2.71. The molecular weight excluding hydrogens is 220 g/mol. The van der Waals surface area contributed by atoms with Gasteiger partial charge in [0.25, 0.3) is 0 Å². The van der Waals surface area contributed by atoms with Crippen molar-refractivity contribution in [2.75, 3.05) is 13.2 Å². The van der Waals surface area contributed by atoms with Gasteiger partial charge in [-0.3, -0.25) is 0 Å². The predicted molar refractivity (Wildman–Crippen MR) is 56.2 cm³/mol. The zero-order chi connectivity index (χ0) is 11.7. The van der Waals surface area contributed by atoms with E-state index in [2.05, 4.69) is 22.6 Å². The molecule has 0 spiro atoms. The van der Waals surface area contributed by atoms with Crippen LogP contribution < -0.4 is 0 Å². The Morgan fingerprint density at radius 3 is 2.20 bits per heavy atom. The molecule has 0 rings (SSSR count). The lowest BCUT2D eigenvalue weighted by atomic mass is 10.5. The molecule has 0 aliphatic carbocycles. The third kappa shape index (κ3) is 6.51. The molecular formula is C10H11ClO4. The van der Waals surface area contributed by atoms with Crippen LogP contribution in [0, 0.1) is 0 Å². The molecule has 0 aromatic heterocycles. The number of carbonyl (C=O) groups is 2. The Morgan fingerprint density at radius 1 is 1.13 bits per heavy atom. The third-order valence-corrected chi connectivity index (χ3v) is 1.38. The summed E-state index contributed by atoms with van der Waals surface area (Å²) in [6.45, 7) is 6.79. The molecule has 82 valence electrons. The lowest BCUT2D eigenvalue weighted by Crippen LogP contribution is -2.08. The van der Waals surface area contributed by atoms with Gasteiger partial charge in [-0.25, -0.2) is 9.59 Å². The number of carbonyl (C=O) groups excluding carboxylic acids is 2. The number of halogens is 1. The van der Waals surface area contributed by atoms with Gasteiger partial charge in [-0.1, -0.05) is 36.9 Å². The first-order chi connectivity index (χ1) is 7.11. The maximum atomic E-state index is 11.0. The quantitative estimate of drug-likeness (QED) is 0.395. The third-order valence-electron chi connectivity index (χ3n) is 1.12. The summed E-state index contributed by atoms with van der Waals surface area (Å²) in [6.07, 6.45) is 3.63. The van der Waals surface area contributed by atoms with Crippen molar-refractivity contribution in [3.63, 3.8) is 0 Å². The molecule has 0 aromatic carbocycles. The van der Waals surface area contributed by atoms with Gasteiger partial charge in [0.1, 0.15) is 18.2 Å². The topological polar surface area (TPSA) is 52.6 Å². The number of rotatable bonds is 6. The van der Waals surface area contributed by atoms with Crippen molar-refractivity contribution < 1.29 is 19.1 Å². The standard InChI is InChI=1S/C10H11ClO4/c1-3-5-14-9(12)7-8(11)10(13)15-6-4-2/h3-4,7H,1-2,5-6H2. The van der Waals surface area contributed by atoms with E-state index in [0.29, 0.717) is 0 Å². The highest BCUT2D eigenvalue weighted by molar-refractivity contribution is 6.42. The average Bonchev–Trinajstić information content (AvgIpc) is 2.22. The van der Waals surface area contributed by atoms with Crippen LogP contribution in [-0.4, -0.2) is 25.2 Å². The van der Waals surface area contributed by atoms with Gasteiger partial charge in [0, 0.05) is 6.08 Å². The smallest absolute Gasteiger partial charge is 0.350 e. The van der Waals surface area contributed by atoms with E-state index >= 15 is 0 Å². The van der Waals surface area contributed by atoms with Crippen molar-refractivity contribution in [2.24, 2.45) is 0 Å². The largest absolute Gasteiger partial charge is 0.458 e. The van der Waals surface area contributed by atoms with Crippen LogP contribution in [0.4, 0.5) is 0 Å². The van der Waals surface area contributed by atoms with E-state index in [1.807, 2.05) is 0 Å². The van der Waals surface area contributed by atoms with Crippen LogP contribution in [0.3, 0.4) is 0 Å². The van der Waals surface area contributed by atoms with E-state index in [0.717, 1.165) is 6.08 Å². The van der Waals surface area contributed by atoms with E-state index in [-0.39, 0.29) is 18.2 Å². The minimum atomic E-state index is -0.799. The van der Waals surface area contributed by atoms with Crippen LogP contribution in [0.1, 0.15) is 0 Å². The van der Waals surface area contributed by atoms with Gasteiger partial charge < -0.3 is 9.47 Å². The van der Waals surface area contributed by atoms with E-state index in [1.165, 1.54) is 12.2 Å². The second kappa shape index (κ2) is 7.82. The molecule has 0 aromatic rings. The Hall–Kier alpha value is -1.55. The summed E-state index contributed by atoms with van der Waals surface area (Å²) in [5.74, 6) is -1.53. The van der Waals surface area contributed by atoms with Crippen LogP contribution in [-0.2, 0) is 19.1 Å². The maximum absolute atomic E-state index is 11.0. The first-order valence-corrected chi connectivity index (χ1v) is 4.42. The summed E-state index contributed by atoms with van der Waals surface area (Å²) in [5, 5.41) is -0.342. The average molecular weight is 231 g/mol. The maximum Gasteiger partial charge on any atom is 0.350 e. The van der Waals surface area contributed by atoms with Gasteiger partial charge >= 0.3 is 11.9 Å². The summed E-state index contributed by atoms with van der Waals surface area (Å²) < 4.78 is 9.14. The van der Waals surface area contributed by atoms with E-state index in [1.54, 1.807) is 0 Å². The monoisotopic (exact) mass is 230 g/mol. The predicted octanol–water partition coefficient (Wildman–Crippen LogP) is 1.57. The van der Waals surface area contributed by atoms with Crippen molar-refractivity contribution in [1.29, 1.82) is 0 Å². The van der Waals surface area contributed by atoms with Crippen LogP contribution in [0.2, 0.25) is 0 Å². The highest BCUT2D eigenvalue weighted by Gasteiger charge is 2.10. The molecule has 0 saturated carbocycles. The SMILES string of the molecule is C=CCOC(=O)C=C(Cl)C(=O)OCC=C. The lowest BCUT2D eigenvalue weighted by molar-refractivity contribution is -0.139. The Kier molecular flexibility index (Phi) is 7.01. The van der Waals surface area contributed by atoms with E-state index < -0.39 is 11.9 Å². The van der Waals surface area contributed by atoms with Crippen LogP contribution in [0.15, 0.2) is 36.4 Å². The summed E-state index contributed by atoms with van der Waals surface area (Å²) >= 11 is 5.47. The van der Waals surface area contributed by atoms with Crippen molar-refractivity contribution >= 4 is 23.5 Å². The molecule has 0 aliphatic heterocycles. The fourth-order valence-electron chi connectivity index (χ4n) is 0.549. The molecule has 0 heterocycles. The number of hydrogen-bond donors (Lipinski definition) is 0. The molecule has 4 nitrogen and oxygen atoms in total. The summed E-state index contributed by atoms with van der Waals surface area (Å²) in [5.41, 5.74) is 0. The summed E-state index contributed by atoms with van der Waals surface area (Å²) in [6, 6.07) is 0. The Morgan fingerprint density at radius 2 is 1.67 bits per heavy atom. The lowest BCUT2D eigenvalue weighted by Gasteiger charge is -2.00. The molecule has 5 heteroatoms. The fourth-order valence-corrected chi connectivity index (χ4v) is 0.692.